The molecule has 1 aromatic carbocycles. The molecule has 0 spiro atoms. The van der Waals surface area contributed by atoms with Gasteiger partial charge in [-0.15, -0.1) is 11.3 Å². The van der Waals surface area contributed by atoms with Gasteiger partial charge in [-0.2, -0.15) is 0 Å². The maximum atomic E-state index is 13.8. The van der Waals surface area contributed by atoms with Crippen LogP contribution in [0.5, 0.6) is 0 Å². The molecule has 0 aliphatic carbocycles. The number of carbonyl (C=O) groups excluding carboxylic acids is 1. The summed E-state index contributed by atoms with van der Waals surface area (Å²) in [5.41, 5.74) is 1.34. The van der Waals surface area contributed by atoms with Crippen LogP contribution < -0.4 is 10.3 Å². The number of likely N-dealkylation sites (N-methyl/N-ethyl adjacent to an activating group) is 1. The van der Waals surface area contributed by atoms with Gasteiger partial charge in [-0.3, -0.25) is 14.0 Å². The number of amides is 1. The molecule has 3 aromatic heterocycles. The molecule has 8 nitrogen and oxygen atoms in total. The molecule has 0 N–H and O–H groups in total. The third-order valence-electron chi connectivity index (χ3n) is 6.67. The fourth-order valence-corrected chi connectivity index (χ4v) is 6.05. The smallest absolute Gasteiger partial charge is 0.260 e. The molecule has 176 valence electrons. The maximum Gasteiger partial charge on any atom is 0.260 e. The van der Waals surface area contributed by atoms with Gasteiger partial charge >= 0.3 is 0 Å². The van der Waals surface area contributed by atoms with Crippen LogP contribution in [0.15, 0.2) is 35.1 Å². The summed E-state index contributed by atoms with van der Waals surface area (Å²) in [6, 6.07) is 9.30. The Labute approximate surface area is 204 Å². The Bertz CT molecular complexity index is 1490. The van der Waals surface area contributed by atoms with Gasteiger partial charge in [0.15, 0.2) is 5.65 Å². The number of ether oxygens (including phenoxy) is 1. The predicted octanol–water partition coefficient (Wildman–Crippen LogP) is 2.94. The van der Waals surface area contributed by atoms with Crippen molar-refractivity contribution >= 4 is 60.7 Å². The highest BCUT2D eigenvalue weighted by molar-refractivity contribution is 7.24. The number of nitrogens with zero attached hydrogens (tertiary/aromatic N) is 5. The number of thiazole rings is 1. The van der Waals surface area contributed by atoms with Crippen LogP contribution >= 0.6 is 22.9 Å². The number of piperazine rings is 1. The van der Waals surface area contributed by atoms with Crippen LogP contribution in [0.25, 0.3) is 26.1 Å². The van der Waals surface area contributed by atoms with Crippen LogP contribution in [0.2, 0.25) is 5.02 Å². The Balaban J connectivity index is 1.62. The quantitative estimate of drug-likeness (QED) is 0.424. The second kappa shape index (κ2) is 8.49. The summed E-state index contributed by atoms with van der Waals surface area (Å²) in [4.78, 5) is 39.1. The van der Waals surface area contributed by atoms with E-state index in [2.05, 4.69) is 9.80 Å². The van der Waals surface area contributed by atoms with Crippen molar-refractivity contribution in [2.24, 2.45) is 0 Å². The van der Waals surface area contributed by atoms with Gasteiger partial charge in [-0.25, -0.2) is 4.98 Å². The third-order valence-corrected chi connectivity index (χ3v) is 8.05. The van der Waals surface area contributed by atoms with Crippen molar-refractivity contribution in [3.8, 4) is 0 Å². The minimum absolute atomic E-state index is 0.215. The number of rotatable bonds is 2. The number of benzene rings is 1. The first-order valence-electron chi connectivity index (χ1n) is 11.4. The molecule has 0 unspecified atom stereocenters. The molecule has 2 fully saturated rings. The highest BCUT2D eigenvalue weighted by atomic mass is 35.5. The van der Waals surface area contributed by atoms with Crippen molar-refractivity contribution < 1.29 is 9.53 Å². The number of pyridine rings is 2. The maximum absolute atomic E-state index is 13.8. The molecule has 2 aliphatic rings. The molecule has 0 saturated carbocycles. The molecule has 5 heterocycles. The summed E-state index contributed by atoms with van der Waals surface area (Å²) >= 11 is 7.79. The molecule has 0 bridgehead atoms. The van der Waals surface area contributed by atoms with Gasteiger partial charge in [0.05, 0.1) is 28.8 Å². The monoisotopic (exact) mass is 497 g/mol. The molecule has 4 aromatic rings. The first-order valence-corrected chi connectivity index (χ1v) is 12.6. The first kappa shape index (κ1) is 21.8. The number of hydrogen-bond donors (Lipinski definition) is 0. The Hall–Kier alpha value is -2.72. The predicted molar refractivity (Wildman–Crippen MR) is 136 cm³/mol. The van der Waals surface area contributed by atoms with Gasteiger partial charge in [0.25, 0.3) is 5.91 Å². The summed E-state index contributed by atoms with van der Waals surface area (Å²) < 4.78 is 8.37. The van der Waals surface area contributed by atoms with Crippen LogP contribution in [0, 0.1) is 0 Å². The van der Waals surface area contributed by atoms with E-state index >= 15 is 0 Å². The minimum Gasteiger partial charge on any atom is -0.378 e. The second-order valence-corrected chi connectivity index (χ2v) is 10.3. The lowest BCUT2D eigenvalue weighted by molar-refractivity contribution is 0.0665. The van der Waals surface area contributed by atoms with E-state index in [1.54, 1.807) is 11.0 Å². The van der Waals surface area contributed by atoms with Gasteiger partial charge in [-0.1, -0.05) is 11.6 Å². The molecule has 0 radical (unpaired) electrons. The van der Waals surface area contributed by atoms with Gasteiger partial charge < -0.3 is 19.4 Å². The van der Waals surface area contributed by atoms with Crippen LogP contribution in [0.3, 0.4) is 0 Å². The van der Waals surface area contributed by atoms with Crippen molar-refractivity contribution in [1.82, 2.24) is 19.2 Å². The number of aromatic nitrogens is 2. The Kier molecular flexibility index (Phi) is 5.44. The zero-order valence-corrected chi connectivity index (χ0v) is 20.4. The lowest BCUT2D eigenvalue weighted by Gasteiger charge is -2.32. The molecule has 1 amide bonds. The van der Waals surface area contributed by atoms with Gasteiger partial charge in [0.2, 0.25) is 5.43 Å². The number of anilines is 1. The number of fused-ring (bicyclic) bond motifs is 5. The summed E-state index contributed by atoms with van der Waals surface area (Å²) in [6.07, 6.45) is 0. The van der Waals surface area contributed by atoms with Gasteiger partial charge in [-0.05, 0) is 37.4 Å². The molecule has 34 heavy (non-hydrogen) atoms. The first-order chi connectivity index (χ1) is 16.5. The van der Waals surface area contributed by atoms with Crippen LogP contribution in [-0.2, 0) is 4.74 Å². The van der Waals surface area contributed by atoms with Crippen molar-refractivity contribution in [1.29, 1.82) is 0 Å². The topological polar surface area (TPSA) is 70.4 Å². The number of carbonyl (C=O) groups is 1. The zero-order chi connectivity index (χ0) is 23.4. The Morgan fingerprint density at radius 3 is 2.59 bits per heavy atom. The standard InChI is InChI=1S/C24H24ClN5O3S/c1-27-6-8-29(9-7-27)23(32)20-21(31)16-3-5-19(28-10-12-33-13-11-28)26-22(16)30-17-14-15(25)2-4-18(17)34-24(20)30/h2-5,14H,6-13H2,1H3. The molecule has 6 rings (SSSR count). The normalized spacial score (nSPS) is 17.8. The van der Waals surface area contributed by atoms with Crippen molar-refractivity contribution in [3.63, 3.8) is 0 Å². The van der Waals surface area contributed by atoms with Gasteiger partial charge in [0.1, 0.15) is 16.2 Å². The van der Waals surface area contributed by atoms with Crippen LogP contribution in [-0.4, -0.2) is 84.6 Å². The highest BCUT2D eigenvalue weighted by Crippen LogP contribution is 2.33. The van der Waals surface area contributed by atoms with E-state index < -0.39 is 0 Å². The summed E-state index contributed by atoms with van der Waals surface area (Å²) in [7, 11) is 2.04. The molecule has 10 heteroatoms. The largest absolute Gasteiger partial charge is 0.378 e. The highest BCUT2D eigenvalue weighted by Gasteiger charge is 2.28. The molecular formula is C24H24ClN5O3S. The Morgan fingerprint density at radius 1 is 1.06 bits per heavy atom. The average molecular weight is 498 g/mol. The molecular weight excluding hydrogens is 474 g/mol. The molecule has 2 saturated heterocycles. The van der Waals surface area contributed by atoms with Crippen LogP contribution in [0.1, 0.15) is 10.4 Å². The second-order valence-electron chi connectivity index (χ2n) is 8.79. The van der Waals surface area contributed by atoms with Gasteiger partial charge in [0, 0.05) is 44.3 Å². The van der Waals surface area contributed by atoms with E-state index in [4.69, 9.17) is 21.3 Å². The summed E-state index contributed by atoms with van der Waals surface area (Å²) in [6.45, 7) is 5.55. The summed E-state index contributed by atoms with van der Waals surface area (Å²) in [5, 5.41) is 1.03. The van der Waals surface area contributed by atoms with E-state index in [0.717, 1.165) is 42.2 Å². The minimum atomic E-state index is -0.266. The van der Waals surface area contributed by atoms with Crippen LogP contribution in [0.4, 0.5) is 5.82 Å². The van der Waals surface area contributed by atoms with E-state index in [-0.39, 0.29) is 16.9 Å². The zero-order valence-electron chi connectivity index (χ0n) is 18.8. The van der Waals surface area contributed by atoms with E-state index in [1.165, 1.54) is 11.3 Å². The van der Waals surface area contributed by atoms with Crippen molar-refractivity contribution in [3.05, 3.63) is 51.1 Å². The number of halogens is 1. The van der Waals surface area contributed by atoms with E-state index in [9.17, 15) is 9.59 Å². The van der Waals surface area contributed by atoms with E-state index in [1.807, 2.05) is 35.7 Å². The summed E-state index contributed by atoms with van der Waals surface area (Å²) in [5.74, 6) is 0.580. The lowest BCUT2D eigenvalue weighted by atomic mass is 10.1. The Morgan fingerprint density at radius 2 is 1.82 bits per heavy atom. The van der Waals surface area contributed by atoms with E-state index in [0.29, 0.717) is 47.2 Å². The fraction of sp³-hybridized carbons (Fsp3) is 0.375. The fourth-order valence-electron chi connectivity index (χ4n) is 4.73. The van der Waals surface area contributed by atoms with Crippen molar-refractivity contribution in [2.75, 3.05) is 64.4 Å². The molecule has 2 aliphatic heterocycles. The third kappa shape index (κ3) is 3.54. The number of morpholine rings is 1. The van der Waals surface area contributed by atoms with Crippen molar-refractivity contribution in [2.45, 2.75) is 0 Å². The molecule has 0 atom stereocenters. The number of hydrogen-bond acceptors (Lipinski definition) is 7. The lowest BCUT2D eigenvalue weighted by Crippen LogP contribution is -2.48. The average Bonchev–Trinajstić information content (AvgIpc) is 3.23. The SMILES string of the molecule is CN1CCN(C(=O)c2c(=O)c3ccc(N4CCOCC4)nc3n3c2sc2ccc(Cl)cc23)CC1.